The Labute approximate surface area is 226 Å². The molecule has 0 spiro atoms. The number of fused-ring (bicyclic) bond motifs is 2. The fourth-order valence-corrected chi connectivity index (χ4v) is 6.11. The summed E-state index contributed by atoms with van der Waals surface area (Å²) >= 11 is 0. The summed E-state index contributed by atoms with van der Waals surface area (Å²) in [6.07, 6.45) is 12.7. The molecule has 7 nitrogen and oxygen atoms in total. The first-order chi connectivity index (χ1) is 18.6. The third-order valence-electron chi connectivity index (χ3n) is 8.39. The Kier molecular flexibility index (Phi) is 7.20. The summed E-state index contributed by atoms with van der Waals surface area (Å²) in [6.45, 7) is 6.43. The molecule has 0 amide bonds. The number of ether oxygens (including phenoxy) is 1. The molecule has 1 saturated carbocycles. The predicted molar refractivity (Wildman–Crippen MR) is 155 cm³/mol. The van der Waals surface area contributed by atoms with E-state index in [1.54, 1.807) is 0 Å². The number of nitrogens with one attached hydrogen (secondary N) is 1. The molecule has 2 fully saturated rings. The van der Waals surface area contributed by atoms with Crippen LogP contribution < -0.4 is 10.2 Å². The van der Waals surface area contributed by atoms with Gasteiger partial charge >= 0.3 is 0 Å². The van der Waals surface area contributed by atoms with E-state index in [2.05, 4.69) is 60.5 Å². The molecule has 1 aliphatic carbocycles. The van der Waals surface area contributed by atoms with Gasteiger partial charge in [-0.25, -0.2) is 9.98 Å². The molecule has 38 heavy (non-hydrogen) atoms. The van der Waals surface area contributed by atoms with E-state index in [4.69, 9.17) is 19.8 Å². The maximum Gasteiger partial charge on any atom is 0.160 e. The van der Waals surface area contributed by atoms with Gasteiger partial charge in [-0.1, -0.05) is 18.2 Å². The number of nitrogens with zero attached hydrogens (tertiary/aromatic N) is 5. The molecule has 1 N–H and O–H groups in total. The van der Waals surface area contributed by atoms with Crippen LogP contribution >= 0.6 is 0 Å². The first kappa shape index (κ1) is 25.1. The van der Waals surface area contributed by atoms with E-state index in [1.165, 1.54) is 29.5 Å². The van der Waals surface area contributed by atoms with E-state index in [0.29, 0.717) is 12.1 Å². The van der Waals surface area contributed by atoms with Crippen molar-refractivity contribution in [3.05, 3.63) is 58.8 Å². The maximum absolute atomic E-state index is 5.61. The highest BCUT2D eigenvalue weighted by molar-refractivity contribution is 6.12. The van der Waals surface area contributed by atoms with Crippen molar-refractivity contribution in [3.63, 3.8) is 0 Å². The second-order valence-corrected chi connectivity index (χ2v) is 11.2. The Morgan fingerprint density at radius 3 is 2.58 bits per heavy atom. The molecule has 1 aromatic carbocycles. The van der Waals surface area contributed by atoms with Crippen molar-refractivity contribution in [1.82, 2.24) is 14.6 Å². The monoisotopic (exact) mass is 512 g/mol. The van der Waals surface area contributed by atoms with Gasteiger partial charge in [-0.15, -0.1) is 0 Å². The van der Waals surface area contributed by atoms with E-state index in [1.807, 2.05) is 11.6 Å². The second-order valence-electron chi connectivity index (χ2n) is 11.2. The largest absolute Gasteiger partial charge is 0.381 e. The van der Waals surface area contributed by atoms with Gasteiger partial charge in [0.05, 0.1) is 17.5 Å². The van der Waals surface area contributed by atoms with E-state index in [9.17, 15) is 0 Å². The summed E-state index contributed by atoms with van der Waals surface area (Å²) in [7, 11) is 1.83. The van der Waals surface area contributed by atoms with Crippen molar-refractivity contribution in [2.75, 3.05) is 30.4 Å². The van der Waals surface area contributed by atoms with E-state index in [0.717, 1.165) is 92.4 Å². The minimum Gasteiger partial charge on any atom is -0.381 e. The lowest BCUT2D eigenvalue weighted by molar-refractivity contribution is 0.0681. The van der Waals surface area contributed by atoms with Gasteiger partial charge in [-0.05, 0) is 94.4 Å². The van der Waals surface area contributed by atoms with Crippen LogP contribution in [0.25, 0.3) is 5.65 Å². The molecule has 1 saturated heterocycles. The molecule has 0 unspecified atom stereocenters. The number of anilines is 2. The third kappa shape index (κ3) is 5.21. The Morgan fingerprint density at radius 1 is 0.974 bits per heavy atom. The summed E-state index contributed by atoms with van der Waals surface area (Å²) in [5, 5.41) is 8.97. The van der Waals surface area contributed by atoms with E-state index >= 15 is 0 Å². The highest BCUT2D eigenvalue weighted by Gasteiger charge is 2.24. The van der Waals surface area contributed by atoms with Gasteiger partial charge in [0.1, 0.15) is 17.3 Å². The fourth-order valence-electron chi connectivity index (χ4n) is 6.11. The van der Waals surface area contributed by atoms with Crippen LogP contribution in [0.4, 0.5) is 17.3 Å². The average Bonchev–Trinajstić information content (AvgIpc) is 3.62. The Balaban J connectivity index is 1.42. The zero-order chi connectivity index (χ0) is 26.1. The zero-order valence-electron chi connectivity index (χ0n) is 23.0. The smallest absolute Gasteiger partial charge is 0.160 e. The van der Waals surface area contributed by atoms with Crippen molar-refractivity contribution in [1.29, 1.82) is 0 Å². The topological polar surface area (TPSA) is 67.0 Å². The number of aromatic nitrogens is 3. The molecule has 7 heteroatoms. The number of methoxy groups -OCH3 is 1. The van der Waals surface area contributed by atoms with Crippen LogP contribution in [0.2, 0.25) is 0 Å². The highest BCUT2D eigenvalue weighted by Crippen LogP contribution is 2.30. The highest BCUT2D eigenvalue weighted by atomic mass is 16.5. The molecule has 0 atom stereocenters. The van der Waals surface area contributed by atoms with Crippen LogP contribution in [0, 0.1) is 6.92 Å². The molecule has 200 valence electrons. The standard InChI is InChI=1S/C31H40N6O/c1-21-10-11-23-9-5-4-8-22(2)31(33-26(23)18-21)27-19-29-34-28(36-16-6-7-17-36)20-30(37(29)35-27)32-24-12-14-25(38-3)15-13-24/h8,10-11,18-20,24-25,32H,4-7,9,12-17H2,1-3H3/b22-8-,33-31?. The van der Waals surface area contributed by atoms with Crippen LogP contribution in [0.5, 0.6) is 0 Å². The van der Waals surface area contributed by atoms with Crippen molar-refractivity contribution >= 4 is 28.7 Å². The summed E-state index contributed by atoms with van der Waals surface area (Å²) in [6, 6.07) is 11.4. The number of rotatable bonds is 5. The van der Waals surface area contributed by atoms with E-state index < -0.39 is 0 Å². The van der Waals surface area contributed by atoms with Gasteiger partial charge in [-0.2, -0.15) is 9.61 Å². The van der Waals surface area contributed by atoms with Gasteiger partial charge < -0.3 is 15.0 Å². The van der Waals surface area contributed by atoms with Crippen molar-refractivity contribution in [2.45, 2.75) is 83.8 Å². The van der Waals surface area contributed by atoms with Crippen LogP contribution in [0.15, 0.2) is 47.0 Å². The van der Waals surface area contributed by atoms with Crippen molar-refractivity contribution in [2.24, 2.45) is 4.99 Å². The Hall–Kier alpha value is -3.19. The number of aryl methyl sites for hydroxylation is 2. The lowest BCUT2D eigenvalue weighted by Crippen LogP contribution is -2.30. The summed E-state index contributed by atoms with van der Waals surface area (Å²) in [4.78, 5) is 12.7. The maximum atomic E-state index is 5.61. The lowest BCUT2D eigenvalue weighted by atomic mass is 9.93. The minimum absolute atomic E-state index is 0.379. The number of hydrogen-bond donors (Lipinski definition) is 1. The van der Waals surface area contributed by atoms with Crippen LogP contribution in [0.3, 0.4) is 0 Å². The molecule has 0 bridgehead atoms. The van der Waals surface area contributed by atoms with Crippen LogP contribution in [-0.4, -0.2) is 52.7 Å². The molecular formula is C31H40N6O. The lowest BCUT2D eigenvalue weighted by Gasteiger charge is -2.29. The first-order valence-corrected chi connectivity index (χ1v) is 14.4. The first-order valence-electron chi connectivity index (χ1n) is 14.4. The molecule has 4 heterocycles. The number of aliphatic imine (C=N–C) groups is 1. The SMILES string of the molecule is COC1CCC(Nc2cc(N3CCCC3)nc3cc(C4=Nc5cc(C)ccc5CCC/C=C\4C)nn23)CC1. The molecule has 0 radical (unpaired) electrons. The normalized spacial score (nSPS) is 23.7. The second kappa shape index (κ2) is 10.9. The number of benzene rings is 1. The molecule has 3 aliphatic rings. The third-order valence-corrected chi connectivity index (χ3v) is 8.39. The summed E-state index contributed by atoms with van der Waals surface area (Å²) < 4.78 is 7.60. The van der Waals surface area contributed by atoms with Gasteiger partial charge in [0, 0.05) is 38.4 Å². The van der Waals surface area contributed by atoms with Gasteiger partial charge in [0.25, 0.3) is 0 Å². The molecule has 2 aromatic heterocycles. The van der Waals surface area contributed by atoms with Crippen molar-refractivity contribution in [3.8, 4) is 0 Å². The fraction of sp³-hybridized carbons (Fsp3) is 0.516. The quantitative estimate of drug-likeness (QED) is 0.428. The molecule has 3 aromatic rings. The van der Waals surface area contributed by atoms with Crippen LogP contribution in [0.1, 0.15) is 75.1 Å². The Bertz CT molecular complexity index is 1360. The average molecular weight is 513 g/mol. The molecule has 6 rings (SSSR count). The molecular weight excluding hydrogens is 472 g/mol. The predicted octanol–water partition coefficient (Wildman–Crippen LogP) is 6.41. The van der Waals surface area contributed by atoms with Gasteiger partial charge in [-0.3, -0.25) is 0 Å². The Morgan fingerprint density at radius 2 is 1.79 bits per heavy atom. The van der Waals surface area contributed by atoms with Crippen molar-refractivity contribution < 1.29 is 4.74 Å². The van der Waals surface area contributed by atoms with Gasteiger partial charge in [0.2, 0.25) is 0 Å². The molecule has 2 aliphatic heterocycles. The summed E-state index contributed by atoms with van der Waals surface area (Å²) in [5.74, 6) is 2.06. The number of allylic oxidation sites excluding steroid dienone is 2. The minimum atomic E-state index is 0.379. The van der Waals surface area contributed by atoms with Crippen LogP contribution in [-0.2, 0) is 11.2 Å². The van der Waals surface area contributed by atoms with E-state index in [-0.39, 0.29) is 0 Å². The summed E-state index contributed by atoms with van der Waals surface area (Å²) in [5.41, 5.74) is 7.47. The number of hydrogen-bond acceptors (Lipinski definition) is 6. The zero-order valence-corrected chi connectivity index (χ0v) is 23.0. The van der Waals surface area contributed by atoms with Gasteiger partial charge in [0.15, 0.2) is 5.65 Å².